The maximum Gasteiger partial charge on any atom is 0.200 e. The van der Waals surface area contributed by atoms with Gasteiger partial charge in [-0.05, 0) is 25.1 Å². The average molecular weight is 233 g/mol. The summed E-state index contributed by atoms with van der Waals surface area (Å²) >= 11 is 0. The van der Waals surface area contributed by atoms with Gasteiger partial charge in [-0.2, -0.15) is 5.10 Å². The Morgan fingerprint density at radius 1 is 1.53 bits per heavy atom. The Labute approximate surface area is 99.2 Å². The molecule has 2 aromatic rings. The molecule has 2 rings (SSSR count). The number of carbonyl (C=O) groups excluding carboxylic acids is 1. The quantitative estimate of drug-likeness (QED) is 0.806. The molecule has 5 heteroatoms. The van der Waals surface area contributed by atoms with Gasteiger partial charge in [0.2, 0.25) is 0 Å². The van der Waals surface area contributed by atoms with Crippen LogP contribution >= 0.6 is 0 Å². The van der Waals surface area contributed by atoms with Crippen LogP contribution in [0, 0.1) is 0 Å². The molecule has 0 spiro atoms. The van der Waals surface area contributed by atoms with Gasteiger partial charge in [-0.3, -0.25) is 9.48 Å². The molecule has 0 saturated carbocycles. The van der Waals surface area contributed by atoms with E-state index >= 15 is 0 Å². The number of methoxy groups -OCH3 is 1. The summed E-state index contributed by atoms with van der Waals surface area (Å²) in [5, 5.41) is 4.99. The topological polar surface area (TPSA) is 70.1 Å². The molecule has 2 N–H and O–H groups in total. The molecular weight excluding hydrogens is 218 g/mol. The number of nitrogens with two attached hydrogens (primary N) is 1. The fourth-order valence-corrected chi connectivity index (χ4v) is 1.77. The lowest BCUT2D eigenvalue weighted by atomic mass is 10.1. The second-order valence-corrected chi connectivity index (χ2v) is 4.01. The van der Waals surface area contributed by atoms with Gasteiger partial charge in [0.25, 0.3) is 0 Å². The first-order valence-electron chi connectivity index (χ1n) is 5.35. The molecule has 0 radical (unpaired) electrons. The highest BCUT2D eigenvalue weighted by molar-refractivity contribution is 6.08. The second kappa shape index (κ2) is 4.18. The highest BCUT2D eigenvalue weighted by Gasteiger charge is 2.19. The molecule has 1 aromatic heterocycles. The zero-order valence-electron chi connectivity index (χ0n) is 10.1. The van der Waals surface area contributed by atoms with Crippen molar-refractivity contribution in [3.63, 3.8) is 0 Å². The molecule has 90 valence electrons. The van der Waals surface area contributed by atoms with E-state index in [2.05, 4.69) is 5.10 Å². The molecule has 0 bridgehead atoms. The summed E-state index contributed by atoms with van der Waals surface area (Å²) in [7, 11) is 3.39. The van der Waals surface area contributed by atoms with Crippen molar-refractivity contribution in [2.24, 2.45) is 12.8 Å². The second-order valence-electron chi connectivity index (χ2n) is 4.01. The van der Waals surface area contributed by atoms with Crippen LogP contribution in [-0.2, 0) is 7.05 Å². The molecule has 0 amide bonds. The monoisotopic (exact) mass is 233 g/mol. The number of nitrogens with zero attached hydrogens (tertiary/aromatic N) is 2. The zero-order chi connectivity index (χ0) is 12.6. The van der Waals surface area contributed by atoms with Crippen molar-refractivity contribution in [2.75, 3.05) is 7.11 Å². The SMILES string of the molecule is COc1ccc2c(c1)c(C(=O)C(C)N)nn2C. The summed E-state index contributed by atoms with van der Waals surface area (Å²) in [6, 6.07) is 4.96. The fraction of sp³-hybridized carbons (Fsp3) is 0.333. The Kier molecular flexibility index (Phi) is 2.85. The Bertz CT molecular complexity index is 572. The number of Topliss-reactive ketones (excluding diaryl/α,β-unsaturated/α-hetero) is 1. The number of ketones is 1. The van der Waals surface area contributed by atoms with Gasteiger partial charge in [0.1, 0.15) is 11.4 Å². The highest BCUT2D eigenvalue weighted by atomic mass is 16.5. The summed E-state index contributed by atoms with van der Waals surface area (Å²) in [6.07, 6.45) is 0. The van der Waals surface area contributed by atoms with E-state index in [0.29, 0.717) is 11.4 Å². The zero-order valence-corrected chi connectivity index (χ0v) is 10.1. The number of hydrogen-bond acceptors (Lipinski definition) is 4. The lowest BCUT2D eigenvalue weighted by molar-refractivity contribution is 0.0964. The number of rotatable bonds is 3. The molecule has 1 unspecified atom stereocenters. The Morgan fingerprint density at radius 2 is 2.24 bits per heavy atom. The van der Waals surface area contributed by atoms with Crippen LogP contribution < -0.4 is 10.5 Å². The number of ether oxygens (including phenoxy) is 1. The molecule has 1 aromatic carbocycles. The van der Waals surface area contributed by atoms with Crippen molar-refractivity contribution in [3.8, 4) is 5.75 Å². The van der Waals surface area contributed by atoms with Gasteiger partial charge in [-0.15, -0.1) is 0 Å². The average Bonchev–Trinajstić information content (AvgIpc) is 2.65. The van der Waals surface area contributed by atoms with Gasteiger partial charge in [-0.25, -0.2) is 0 Å². The molecule has 5 nitrogen and oxygen atoms in total. The van der Waals surface area contributed by atoms with Gasteiger partial charge in [-0.1, -0.05) is 0 Å². The predicted molar refractivity (Wildman–Crippen MR) is 65.2 cm³/mol. The van der Waals surface area contributed by atoms with Crippen molar-refractivity contribution in [1.82, 2.24) is 9.78 Å². The molecule has 1 atom stereocenters. The molecular formula is C12H15N3O2. The molecule has 0 saturated heterocycles. The standard InChI is InChI=1S/C12H15N3O2/c1-7(13)12(16)11-9-6-8(17-3)4-5-10(9)15(2)14-11/h4-7H,13H2,1-3H3. The van der Waals surface area contributed by atoms with E-state index in [-0.39, 0.29) is 5.78 Å². The van der Waals surface area contributed by atoms with Crippen LogP contribution in [0.15, 0.2) is 18.2 Å². The van der Waals surface area contributed by atoms with Crippen LogP contribution in [0.25, 0.3) is 10.9 Å². The summed E-state index contributed by atoms with van der Waals surface area (Å²) in [6.45, 7) is 1.66. The van der Waals surface area contributed by atoms with Gasteiger partial charge in [0.05, 0.1) is 18.7 Å². The van der Waals surface area contributed by atoms with Crippen molar-refractivity contribution in [1.29, 1.82) is 0 Å². The molecule has 0 aliphatic heterocycles. The lowest BCUT2D eigenvalue weighted by Gasteiger charge is -2.02. The third-order valence-electron chi connectivity index (χ3n) is 2.70. The van der Waals surface area contributed by atoms with Gasteiger partial charge >= 0.3 is 0 Å². The van der Waals surface area contributed by atoms with Gasteiger partial charge in [0, 0.05) is 12.4 Å². The maximum absolute atomic E-state index is 11.9. The molecule has 17 heavy (non-hydrogen) atoms. The summed E-state index contributed by atoms with van der Waals surface area (Å²) < 4.78 is 6.82. The molecule has 0 fully saturated rings. The largest absolute Gasteiger partial charge is 0.497 e. The van der Waals surface area contributed by atoms with E-state index in [1.54, 1.807) is 31.8 Å². The smallest absolute Gasteiger partial charge is 0.200 e. The fourth-order valence-electron chi connectivity index (χ4n) is 1.77. The molecule has 1 heterocycles. The minimum Gasteiger partial charge on any atom is -0.497 e. The van der Waals surface area contributed by atoms with Gasteiger partial charge in [0.15, 0.2) is 5.78 Å². The van der Waals surface area contributed by atoms with E-state index in [1.807, 2.05) is 12.1 Å². The number of benzene rings is 1. The first-order valence-corrected chi connectivity index (χ1v) is 5.35. The number of aryl methyl sites for hydroxylation is 1. The van der Waals surface area contributed by atoms with Crippen LogP contribution in [0.5, 0.6) is 5.75 Å². The Morgan fingerprint density at radius 3 is 2.82 bits per heavy atom. The first-order chi connectivity index (χ1) is 8.04. The van der Waals surface area contributed by atoms with Crippen molar-refractivity contribution in [3.05, 3.63) is 23.9 Å². The number of fused-ring (bicyclic) bond motifs is 1. The van der Waals surface area contributed by atoms with Crippen molar-refractivity contribution >= 4 is 16.7 Å². The normalized spacial score (nSPS) is 12.7. The highest BCUT2D eigenvalue weighted by Crippen LogP contribution is 2.24. The van der Waals surface area contributed by atoms with E-state index in [4.69, 9.17) is 10.5 Å². The van der Waals surface area contributed by atoms with Crippen LogP contribution in [0.2, 0.25) is 0 Å². The van der Waals surface area contributed by atoms with Crippen molar-refractivity contribution in [2.45, 2.75) is 13.0 Å². The third kappa shape index (κ3) is 1.89. The number of carbonyl (C=O) groups is 1. The summed E-state index contributed by atoms with van der Waals surface area (Å²) in [5.74, 6) is 0.535. The maximum atomic E-state index is 11.9. The van der Waals surface area contributed by atoms with E-state index in [9.17, 15) is 4.79 Å². The number of aromatic nitrogens is 2. The minimum absolute atomic E-state index is 0.163. The Hall–Kier alpha value is -1.88. The number of hydrogen-bond donors (Lipinski definition) is 1. The third-order valence-corrected chi connectivity index (χ3v) is 2.70. The van der Waals surface area contributed by atoms with E-state index < -0.39 is 6.04 Å². The lowest BCUT2D eigenvalue weighted by Crippen LogP contribution is -2.27. The van der Waals surface area contributed by atoms with Crippen LogP contribution in [0.4, 0.5) is 0 Å². The minimum atomic E-state index is -0.556. The van der Waals surface area contributed by atoms with Crippen LogP contribution in [0.1, 0.15) is 17.4 Å². The van der Waals surface area contributed by atoms with Crippen LogP contribution in [-0.4, -0.2) is 28.7 Å². The summed E-state index contributed by atoms with van der Waals surface area (Å²) in [5.41, 5.74) is 6.89. The van der Waals surface area contributed by atoms with Crippen LogP contribution in [0.3, 0.4) is 0 Å². The Balaban J connectivity index is 2.67. The summed E-state index contributed by atoms with van der Waals surface area (Å²) in [4.78, 5) is 11.9. The van der Waals surface area contributed by atoms with Crippen molar-refractivity contribution < 1.29 is 9.53 Å². The van der Waals surface area contributed by atoms with E-state index in [1.165, 1.54) is 0 Å². The van der Waals surface area contributed by atoms with Gasteiger partial charge < -0.3 is 10.5 Å². The first kappa shape index (κ1) is 11.6. The molecule has 0 aliphatic rings. The van der Waals surface area contributed by atoms with E-state index in [0.717, 1.165) is 10.9 Å². The molecule has 0 aliphatic carbocycles. The predicted octanol–water partition coefficient (Wildman–Crippen LogP) is 1.11.